The van der Waals surface area contributed by atoms with E-state index < -0.39 is 6.10 Å². The van der Waals surface area contributed by atoms with Crippen LogP contribution in [0.25, 0.3) is 16.9 Å². The summed E-state index contributed by atoms with van der Waals surface area (Å²) in [5.74, 6) is 0.915. The van der Waals surface area contributed by atoms with Crippen LogP contribution in [0.5, 0.6) is 0 Å². The van der Waals surface area contributed by atoms with Gasteiger partial charge in [-0.15, -0.1) is 0 Å². The van der Waals surface area contributed by atoms with Crippen molar-refractivity contribution in [2.75, 3.05) is 36.4 Å². The van der Waals surface area contributed by atoms with Crippen LogP contribution in [0.2, 0.25) is 0 Å². The molecule has 0 aliphatic carbocycles. The van der Waals surface area contributed by atoms with Crippen LogP contribution in [-0.2, 0) is 6.54 Å². The van der Waals surface area contributed by atoms with Crippen molar-refractivity contribution in [3.63, 3.8) is 0 Å². The highest BCUT2D eigenvalue weighted by Gasteiger charge is 2.20. The van der Waals surface area contributed by atoms with Gasteiger partial charge in [0.2, 0.25) is 5.95 Å². The maximum atomic E-state index is 13.3. The van der Waals surface area contributed by atoms with Crippen LogP contribution in [0, 0.1) is 0 Å². The fraction of sp³-hybridized carbons (Fsp3) is 0.308. The molecule has 3 N–H and O–H groups in total. The summed E-state index contributed by atoms with van der Waals surface area (Å²) in [6.45, 7) is 4.32. The molecular weight excluding hydrogens is 456 g/mol. The first-order chi connectivity index (χ1) is 17.7. The van der Waals surface area contributed by atoms with Crippen LogP contribution in [0.4, 0.5) is 17.3 Å². The van der Waals surface area contributed by atoms with Crippen LogP contribution in [0.15, 0.2) is 65.6 Å². The molecule has 36 heavy (non-hydrogen) atoms. The zero-order valence-corrected chi connectivity index (χ0v) is 19.8. The highest BCUT2D eigenvalue weighted by atomic mass is 16.3. The largest absolute Gasteiger partial charge is 0.387 e. The third kappa shape index (κ3) is 4.25. The number of hydrogen-bond acceptors (Lipinski definition) is 8. The number of nitrogens with zero attached hydrogens (tertiary/aromatic N) is 6. The molecule has 184 valence electrons. The molecular formula is C26H28N8O2. The highest BCUT2D eigenvalue weighted by molar-refractivity contribution is 5.77. The van der Waals surface area contributed by atoms with Crippen molar-refractivity contribution in [1.29, 1.82) is 0 Å². The molecule has 1 fully saturated rings. The Kier molecular flexibility index (Phi) is 5.96. The van der Waals surface area contributed by atoms with Gasteiger partial charge in [0.15, 0.2) is 11.5 Å². The predicted molar refractivity (Wildman–Crippen MR) is 139 cm³/mol. The summed E-state index contributed by atoms with van der Waals surface area (Å²) >= 11 is 0. The molecule has 10 heteroatoms. The van der Waals surface area contributed by atoms with E-state index in [2.05, 4.69) is 37.6 Å². The number of nitrogens with one attached hydrogen (secondary N) is 2. The standard InChI is InChI=1S/C26H28N8O2/c35-22-6-2-1-3-14-33-25(36)20-17-28-26(31-24(20)34(33)23-7-4-5-21(22)30-23)29-18-8-10-19(11-9-18)32-15-12-27-13-16-32/h1,3-5,7-11,17,22,27,35H,2,6,12-16H2,(H,28,29,31)/b3-1-/t22-/m1/s1. The quantitative estimate of drug-likeness (QED) is 0.380. The van der Waals surface area contributed by atoms with Crippen LogP contribution in [0.3, 0.4) is 0 Å². The van der Waals surface area contributed by atoms with E-state index in [4.69, 9.17) is 4.98 Å². The maximum absolute atomic E-state index is 13.3. The van der Waals surface area contributed by atoms with Gasteiger partial charge in [-0.05, 0) is 49.2 Å². The molecule has 2 aliphatic heterocycles. The molecule has 0 amide bonds. The molecule has 0 radical (unpaired) electrons. The average molecular weight is 485 g/mol. The Morgan fingerprint density at radius 2 is 1.86 bits per heavy atom. The number of aliphatic hydroxyl groups excluding tert-OH is 1. The van der Waals surface area contributed by atoms with Gasteiger partial charge in [0, 0.05) is 43.8 Å². The SMILES string of the molecule is O=c1c2cnc(Nc3ccc(N4CCNCC4)cc3)nc2n2n1C/C=C\CC[C@@H](O)c1cccc-2n1. The first kappa shape index (κ1) is 22.4. The van der Waals surface area contributed by atoms with Crippen LogP contribution in [-0.4, -0.2) is 55.6 Å². The van der Waals surface area contributed by atoms with Crippen molar-refractivity contribution in [3.8, 4) is 5.82 Å². The Labute approximate surface area is 207 Å². The van der Waals surface area contributed by atoms with Crippen molar-refractivity contribution in [2.45, 2.75) is 25.5 Å². The average Bonchev–Trinajstić information content (AvgIpc) is 3.19. The molecule has 3 aromatic heterocycles. The second-order valence-electron chi connectivity index (χ2n) is 9.02. The lowest BCUT2D eigenvalue weighted by atomic mass is 10.1. The molecule has 0 unspecified atom stereocenters. The lowest BCUT2D eigenvalue weighted by Crippen LogP contribution is -2.43. The van der Waals surface area contributed by atoms with Gasteiger partial charge >= 0.3 is 0 Å². The number of aromatic nitrogens is 5. The molecule has 0 saturated carbocycles. The summed E-state index contributed by atoms with van der Waals surface area (Å²) in [5.41, 5.74) is 2.89. The topological polar surface area (TPSA) is 113 Å². The summed E-state index contributed by atoms with van der Waals surface area (Å²) in [6.07, 6.45) is 6.07. The van der Waals surface area contributed by atoms with Crippen molar-refractivity contribution < 1.29 is 5.11 Å². The third-order valence-corrected chi connectivity index (χ3v) is 6.65. The Morgan fingerprint density at radius 1 is 1.03 bits per heavy atom. The van der Waals surface area contributed by atoms with Crippen LogP contribution in [0.1, 0.15) is 24.6 Å². The van der Waals surface area contributed by atoms with Gasteiger partial charge in [-0.3, -0.25) is 4.79 Å². The molecule has 2 aliphatic rings. The van der Waals surface area contributed by atoms with Gasteiger partial charge in [0.1, 0.15) is 5.39 Å². The summed E-state index contributed by atoms with van der Waals surface area (Å²) in [6, 6.07) is 13.7. The van der Waals surface area contributed by atoms with Gasteiger partial charge < -0.3 is 20.6 Å². The minimum Gasteiger partial charge on any atom is -0.387 e. The fourth-order valence-electron chi connectivity index (χ4n) is 4.73. The molecule has 1 atom stereocenters. The number of aliphatic hydroxyl groups is 1. The van der Waals surface area contributed by atoms with Crippen LogP contribution >= 0.6 is 0 Å². The number of pyridine rings is 1. The zero-order valence-electron chi connectivity index (χ0n) is 19.8. The van der Waals surface area contributed by atoms with E-state index in [0.717, 1.165) is 31.9 Å². The Balaban J connectivity index is 1.38. The molecule has 10 nitrogen and oxygen atoms in total. The lowest BCUT2D eigenvalue weighted by molar-refractivity contribution is 0.164. The lowest BCUT2D eigenvalue weighted by Gasteiger charge is -2.29. The molecule has 6 rings (SSSR count). The number of hydrogen-bond donors (Lipinski definition) is 3. The number of piperazine rings is 1. The number of fused-ring (bicyclic) bond motifs is 6. The number of anilines is 3. The summed E-state index contributed by atoms with van der Waals surface area (Å²) in [5, 5.41) is 17.6. The molecule has 1 aromatic carbocycles. The van der Waals surface area contributed by atoms with Crippen molar-refractivity contribution in [3.05, 3.63) is 76.9 Å². The van der Waals surface area contributed by atoms with Gasteiger partial charge in [-0.25, -0.2) is 19.3 Å². The van der Waals surface area contributed by atoms with Crippen molar-refractivity contribution >= 4 is 28.4 Å². The molecule has 2 bridgehead atoms. The molecule has 1 saturated heterocycles. The number of allylic oxidation sites excluding steroid dienone is 2. The van der Waals surface area contributed by atoms with E-state index in [1.54, 1.807) is 21.6 Å². The number of rotatable bonds is 3. The third-order valence-electron chi connectivity index (χ3n) is 6.65. The van der Waals surface area contributed by atoms with E-state index in [1.165, 1.54) is 5.69 Å². The van der Waals surface area contributed by atoms with Crippen molar-refractivity contribution in [1.82, 2.24) is 29.6 Å². The van der Waals surface area contributed by atoms with Gasteiger partial charge in [0.05, 0.1) is 18.3 Å². The smallest absolute Gasteiger partial charge is 0.278 e. The van der Waals surface area contributed by atoms with Gasteiger partial charge in [-0.2, -0.15) is 4.98 Å². The molecule has 0 spiro atoms. The Hall–Kier alpha value is -4.02. The first-order valence-electron chi connectivity index (χ1n) is 12.3. The zero-order chi connectivity index (χ0) is 24.5. The van der Waals surface area contributed by atoms with E-state index in [9.17, 15) is 9.90 Å². The van der Waals surface area contributed by atoms with E-state index in [0.29, 0.717) is 47.9 Å². The predicted octanol–water partition coefficient (Wildman–Crippen LogP) is 2.51. The van der Waals surface area contributed by atoms with Gasteiger partial charge in [0.25, 0.3) is 5.56 Å². The normalized spacial score (nSPS) is 18.9. The minimum absolute atomic E-state index is 0.187. The first-order valence-corrected chi connectivity index (χ1v) is 12.3. The summed E-state index contributed by atoms with van der Waals surface area (Å²) in [4.78, 5) is 29.4. The van der Waals surface area contributed by atoms with Gasteiger partial charge in [-0.1, -0.05) is 18.2 Å². The molecule has 5 heterocycles. The van der Waals surface area contributed by atoms with Crippen molar-refractivity contribution in [2.24, 2.45) is 0 Å². The second-order valence-corrected chi connectivity index (χ2v) is 9.02. The monoisotopic (exact) mass is 484 g/mol. The summed E-state index contributed by atoms with van der Waals surface area (Å²) in [7, 11) is 0. The van der Waals surface area contributed by atoms with E-state index >= 15 is 0 Å². The van der Waals surface area contributed by atoms with E-state index in [1.807, 2.05) is 36.4 Å². The Bertz CT molecular complexity index is 1470. The molecule has 4 aromatic rings. The minimum atomic E-state index is -0.675. The number of benzene rings is 1. The van der Waals surface area contributed by atoms with E-state index in [-0.39, 0.29) is 5.56 Å². The Morgan fingerprint density at radius 3 is 2.69 bits per heavy atom. The fourth-order valence-corrected chi connectivity index (χ4v) is 4.73. The van der Waals surface area contributed by atoms with Crippen LogP contribution < -0.4 is 21.1 Å². The summed E-state index contributed by atoms with van der Waals surface area (Å²) < 4.78 is 3.32. The second kappa shape index (κ2) is 9.56. The maximum Gasteiger partial charge on any atom is 0.278 e. The highest BCUT2D eigenvalue weighted by Crippen LogP contribution is 2.23.